The summed E-state index contributed by atoms with van der Waals surface area (Å²) in [5.74, 6) is -6.15. The summed E-state index contributed by atoms with van der Waals surface area (Å²) in [4.78, 5) is 1.35. The molecule has 1 aromatic carbocycles. The first-order valence-electron chi connectivity index (χ1n) is 5.01. The lowest BCUT2D eigenvalue weighted by molar-refractivity contribution is 0.404. The lowest BCUT2D eigenvalue weighted by Gasteiger charge is -2.22. The lowest BCUT2D eigenvalue weighted by Crippen LogP contribution is -2.21. The third kappa shape index (κ3) is 1.86. The van der Waals surface area contributed by atoms with Crippen molar-refractivity contribution in [2.45, 2.75) is 20.3 Å². The van der Waals surface area contributed by atoms with Crippen molar-refractivity contribution < 1.29 is 17.6 Å². The van der Waals surface area contributed by atoms with Crippen LogP contribution in [0.25, 0.3) is 0 Å². The van der Waals surface area contributed by atoms with Gasteiger partial charge in [-0.05, 0) is 13.3 Å². The second-order valence-corrected chi connectivity index (χ2v) is 3.45. The van der Waals surface area contributed by atoms with E-state index in [9.17, 15) is 17.6 Å². The van der Waals surface area contributed by atoms with Crippen LogP contribution in [0.4, 0.5) is 23.2 Å². The minimum Gasteiger partial charge on any atom is -0.372 e. The van der Waals surface area contributed by atoms with Crippen LogP contribution >= 0.6 is 0 Å². The van der Waals surface area contributed by atoms with E-state index in [1.807, 2.05) is 0 Å². The van der Waals surface area contributed by atoms with Crippen LogP contribution in [0.5, 0.6) is 0 Å². The molecule has 1 rings (SSSR count). The van der Waals surface area contributed by atoms with Gasteiger partial charge in [-0.3, -0.25) is 0 Å². The smallest absolute Gasteiger partial charge is 0.199 e. The number of nitrogens with zero attached hydrogens (tertiary/aromatic N) is 1. The molecule has 0 heterocycles. The molecule has 0 aromatic heterocycles. The highest BCUT2D eigenvalue weighted by Gasteiger charge is 2.25. The Kier molecular flexibility index (Phi) is 3.78. The van der Waals surface area contributed by atoms with Crippen molar-refractivity contribution in [2.75, 3.05) is 18.5 Å². The Hall–Kier alpha value is -1.26. The molecule has 5 heteroatoms. The molecule has 0 N–H and O–H groups in total. The molecule has 0 bridgehead atoms. The average molecular weight is 235 g/mol. The molecule has 1 aromatic rings. The van der Waals surface area contributed by atoms with Crippen LogP contribution in [-0.2, 0) is 6.42 Å². The number of hydrogen-bond acceptors (Lipinski definition) is 1. The zero-order valence-electron chi connectivity index (χ0n) is 9.37. The fraction of sp³-hybridized carbons (Fsp3) is 0.455. The fourth-order valence-electron chi connectivity index (χ4n) is 1.54. The van der Waals surface area contributed by atoms with Crippen LogP contribution in [-0.4, -0.2) is 13.6 Å². The Balaban J connectivity index is 3.57. The van der Waals surface area contributed by atoms with E-state index in [-0.39, 0.29) is 17.7 Å². The van der Waals surface area contributed by atoms with Gasteiger partial charge in [0.15, 0.2) is 23.3 Å². The summed E-state index contributed by atoms with van der Waals surface area (Å²) < 4.78 is 52.9. The lowest BCUT2D eigenvalue weighted by atomic mass is 10.1. The number of anilines is 1. The van der Waals surface area contributed by atoms with E-state index in [1.54, 1.807) is 13.8 Å². The fourth-order valence-corrected chi connectivity index (χ4v) is 1.54. The number of halogens is 4. The Morgan fingerprint density at radius 2 is 1.38 bits per heavy atom. The van der Waals surface area contributed by atoms with Crippen molar-refractivity contribution in [3.05, 3.63) is 28.8 Å². The predicted octanol–water partition coefficient (Wildman–Crippen LogP) is 3.26. The summed E-state index contributed by atoms with van der Waals surface area (Å²) >= 11 is 0. The molecule has 1 nitrogen and oxygen atoms in total. The second kappa shape index (κ2) is 4.72. The standard InChI is InChI=1S/C11H13F4N/c1-4-6-7(12)8(13)9(14)10(15)11(6)16(3)5-2/h4-5H2,1-3H3. The highest BCUT2D eigenvalue weighted by atomic mass is 19.2. The number of rotatable bonds is 3. The molecule has 0 radical (unpaired) electrons. The first kappa shape index (κ1) is 12.8. The minimum absolute atomic E-state index is 0.0969. The molecule has 0 unspecified atom stereocenters. The quantitative estimate of drug-likeness (QED) is 0.441. The van der Waals surface area contributed by atoms with Crippen molar-refractivity contribution in [1.29, 1.82) is 0 Å². The zero-order chi connectivity index (χ0) is 12.5. The third-order valence-electron chi connectivity index (χ3n) is 2.55. The molecule has 0 saturated carbocycles. The van der Waals surface area contributed by atoms with E-state index in [0.717, 1.165) is 0 Å². The highest BCUT2D eigenvalue weighted by molar-refractivity contribution is 5.55. The van der Waals surface area contributed by atoms with E-state index < -0.39 is 23.3 Å². The first-order valence-corrected chi connectivity index (χ1v) is 5.01. The van der Waals surface area contributed by atoms with Crippen molar-refractivity contribution in [3.63, 3.8) is 0 Å². The maximum Gasteiger partial charge on any atom is 0.199 e. The van der Waals surface area contributed by atoms with Crippen LogP contribution in [0.1, 0.15) is 19.4 Å². The van der Waals surface area contributed by atoms with Crippen LogP contribution in [0, 0.1) is 23.3 Å². The predicted molar refractivity (Wildman–Crippen MR) is 54.6 cm³/mol. The third-order valence-corrected chi connectivity index (χ3v) is 2.55. The van der Waals surface area contributed by atoms with Crippen LogP contribution in [0.15, 0.2) is 0 Å². The summed E-state index contributed by atoms with van der Waals surface area (Å²) in [6.45, 7) is 3.63. The van der Waals surface area contributed by atoms with Crippen LogP contribution < -0.4 is 4.90 Å². The molecular formula is C11H13F4N. The highest BCUT2D eigenvalue weighted by Crippen LogP contribution is 2.31. The van der Waals surface area contributed by atoms with Gasteiger partial charge >= 0.3 is 0 Å². The van der Waals surface area contributed by atoms with E-state index in [1.165, 1.54) is 11.9 Å². The van der Waals surface area contributed by atoms with Gasteiger partial charge in [-0.15, -0.1) is 0 Å². The molecule has 90 valence electrons. The van der Waals surface area contributed by atoms with E-state index in [2.05, 4.69) is 0 Å². The average Bonchev–Trinajstić information content (AvgIpc) is 2.29. The number of benzene rings is 1. The van der Waals surface area contributed by atoms with Gasteiger partial charge in [-0.1, -0.05) is 6.92 Å². The van der Waals surface area contributed by atoms with Gasteiger partial charge in [0.05, 0.1) is 5.69 Å². The summed E-state index contributed by atoms with van der Waals surface area (Å²) in [5, 5.41) is 0. The second-order valence-electron chi connectivity index (χ2n) is 3.45. The van der Waals surface area contributed by atoms with Crippen molar-refractivity contribution in [2.24, 2.45) is 0 Å². The van der Waals surface area contributed by atoms with Gasteiger partial charge in [0, 0.05) is 19.2 Å². The van der Waals surface area contributed by atoms with Gasteiger partial charge in [0.25, 0.3) is 0 Å². The van der Waals surface area contributed by atoms with Gasteiger partial charge < -0.3 is 4.90 Å². The minimum atomic E-state index is -1.76. The number of hydrogen-bond donors (Lipinski definition) is 0. The molecule has 0 fully saturated rings. The summed E-state index contributed by atoms with van der Waals surface area (Å²) in [6, 6.07) is 0. The maximum atomic E-state index is 13.5. The van der Waals surface area contributed by atoms with Crippen molar-refractivity contribution in [3.8, 4) is 0 Å². The monoisotopic (exact) mass is 235 g/mol. The molecular weight excluding hydrogens is 222 g/mol. The van der Waals surface area contributed by atoms with E-state index in [4.69, 9.17) is 0 Å². The largest absolute Gasteiger partial charge is 0.372 e. The van der Waals surface area contributed by atoms with Gasteiger partial charge in [0.2, 0.25) is 0 Å². The van der Waals surface area contributed by atoms with E-state index in [0.29, 0.717) is 6.54 Å². The topological polar surface area (TPSA) is 3.24 Å². The SMILES string of the molecule is CCc1c(F)c(F)c(F)c(F)c1N(C)CC. The van der Waals surface area contributed by atoms with Crippen LogP contribution in [0.3, 0.4) is 0 Å². The molecule has 0 spiro atoms. The summed E-state index contributed by atoms with van der Waals surface area (Å²) in [7, 11) is 1.49. The Morgan fingerprint density at radius 3 is 1.81 bits per heavy atom. The molecule has 0 aliphatic carbocycles. The van der Waals surface area contributed by atoms with Crippen LogP contribution in [0.2, 0.25) is 0 Å². The molecule has 0 saturated heterocycles. The van der Waals surface area contributed by atoms with E-state index >= 15 is 0 Å². The summed E-state index contributed by atoms with van der Waals surface area (Å²) in [5.41, 5.74) is -0.345. The maximum absolute atomic E-state index is 13.5. The normalized spacial score (nSPS) is 10.7. The molecule has 0 aliphatic rings. The Bertz CT molecular complexity index is 404. The Morgan fingerprint density at radius 1 is 0.875 bits per heavy atom. The van der Waals surface area contributed by atoms with Crippen molar-refractivity contribution in [1.82, 2.24) is 0 Å². The summed E-state index contributed by atoms with van der Waals surface area (Å²) in [6.07, 6.45) is 0.0969. The molecule has 0 atom stereocenters. The molecule has 0 aliphatic heterocycles. The first-order chi connectivity index (χ1) is 7.45. The van der Waals surface area contributed by atoms with Crippen molar-refractivity contribution >= 4 is 5.69 Å². The van der Waals surface area contributed by atoms with Gasteiger partial charge in [-0.25, -0.2) is 17.6 Å². The molecule has 16 heavy (non-hydrogen) atoms. The van der Waals surface area contributed by atoms with Gasteiger partial charge in [-0.2, -0.15) is 0 Å². The molecule has 0 amide bonds. The Labute approximate surface area is 91.7 Å². The van der Waals surface area contributed by atoms with Gasteiger partial charge in [0.1, 0.15) is 0 Å². The zero-order valence-corrected chi connectivity index (χ0v) is 9.37.